The van der Waals surface area contributed by atoms with Crippen LogP contribution in [-0.2, 0) is 0 Å². The average Bonchev–Trinajstić information content (AvgIpc) is 2.67. The van der Waals surface area contributed by atoms with Gasteiger partial charge in [0.25, 0.3) is 0 Å². The lowest BCUT2D eigenvalue weighted by Crippen LogP contribution is -1.99. The summed E-state index contributed by atoms with van der Waals surface area (Å²) in [7, 11) is 0. The minimum absolute atomic E-state index is 0.0214. The van der Waals surface area contributed by atoms with Gasteiger partial charge in [-0.05, 0) is 68.9 Å². The molecule has 0 aliphatic heterocycles. The second-order valence-electron chi connectivity index (χ2n) is 3.75. The second kappa shape index (κ2) is 4.47. The van der Waals surface area contributed by atoms with Crippen LogP contribution >= 0.6 is 38.5 Å². The van der Waals surface area contributed by atoms with Crippen LogP contribution in [0.2, 0.25) is 0 Å². The Morgan fingerprint density at radius 3 is 2.57 bits per heavy atom. The van der Waals surface area contributed by atoms with Gasteiger partial charge in [-0.2, -0.15) is 0 Å². The fraction of sp³-hybridized carbons (Fsp3) is 0.455. The zero-order valence-corrected chi connectivity index (χ0v) is 11.4. The minimum Gasteiger partial charge on any atom is -0.205 e. The van der Waals surface area contributed by atoms with Crippen molar-refractivity contribution in [2.75, 3.05) is 0 Å². The molecule has 1 aliphatic carbocycles. The molecular weight excluding hydrogens is 358 g/mol. The molecule has 0 nitrogen and oxygen atoms in total. The standard InChI is InChI=1S/C11H11BrFI/c12-9-6-5-8(10(13)11(9)14)7-3-1-2-4-7/h5-7H,1-4H2. The van der Waals surface area contributed by atoms with E-state index >= 15 is 0 Å². The molecule has 0 saturated heterocycles. The highest BCUT2D eigenvalue weighted by atomic mass is 127. The highest BCUT2D eigenvalue weighted by molar-refractivity contribution is 14.1. The first-order valence-electron chi connectivity index (χ1n) is 4.83. The molecule has 2 rings (SSSR count). The molecule has 1 aromatic carbocycles. The minimum atomic E-state index is -0.0214. The van der Waals surface area contributed by atoms with Crippen molar-refractivity contribution in [2.45, 2.75) is 31.6 Å². The van der Waals surface area contributed by atoms with Gasteiger partial charge in [-0.1, -0.05) is 18.9 Å². The summed E-state index contributed by atoms with van der Waals surface area (Å²) < 4.78 is 15.5. The zero-order chi connectivity index (χ0) is 10.1. The topological polar surface area (TPSA) is 0 Å². The first-order chi connectivity index (χ1) is 6.70. The molecule has 0 amide bonds. The van der Waals surface area contributed by atoms with E-state index in [-0.39, 0.29) is 5.82 Å². The van der Waals surface area contributed by atoms with Crippen molar-refractivity contribution in [1.82, 2.24) is 0 Å². The van der Waals surface area contributed by atoms with Crippen molar-refractivity contribution in [3.63, 3.8) is 0 Å². The van der Waals surface area contributed by atoms with Crippen LogP contribution in [0.25, 0.3) is 0 Å². The van der Waals surface area contributed by atoms with Crippen molar-refractivity contribution in [2.24, 2.45) is 0 Å². The van der Waals surface area contributed by atoms with Crippen LogP contribution in [0.4, 0.5) is 4.39 Å². The maximum atomic E-state index is 13.9. The Bertz CT molecular complexity index is 345. The molecule has 1 aliphatic rings. The Labute approximate surface area is 106 Å². The van der Waals surface area contributed by atoms with Gasteiger partial charge < -0.3 is 0 Å². The van der Waals surface area contributed by atoms with Crippen LogP contribution in [0.15, 0.2) is 16.6 Å². The smallest absolute Gasteiger partial charge is 0.141 e. The van der Waals surface area contributed by atoms with Gasteiger partial charge in [0.1, 0.15) is 5.82 Å². The molecule has 76 valence electrons. The van der Waals surface area contributed by atoms with E-state index in [1.165, 1.54) is 12.8 Å². The van der Waals surface area contributed by atoms with E-state index in [0.29, 0.717) is 9.49 Å². The Hall–Kier alpha value is 0.360. The van der Waals surface area contributed by atoms with E-state index in [1.807, 2.05) is 12.1 Å². The number of rotatable bonds is 1. The van der Waals surface area contributed by atoms with Gasteiger partial charge >= 0.3 is 0 Å². The molecule has 1 fully saturated rings. The van der Waals surface area contributed by atoms with Gasteiger partial charge in [-0.25, -0.2) is 4.39 Å². The van der Waals surface area contributed by atoms with E-state index < -0.39 is 0 Å². The summed E-state index contributed by atoms with van der Waals surface area (Å²) in [5.74, 6) is 0.434. The van der Waals surface area contributed by atoms with E-state index in [1.54, 1.807) is 0 Å². The van der Waals surface area contributed by atoms with Gasteiger partial charge in [-0.3, -0.25) is 0 Å². The predicted octanol–water partition coefficient (Wildman–Crippen LogP) is 4.85. The van der Waals surface area contributed by atoms with Crippen molar-refractivity contribution in [3.05, 3.63) is 31.6 Å². The maximum absolute atomic E-state index is 13.9. The second-order valence-corrected chi connectivity index (χ2v) is 5.68. The summed E-state index contributed by atoms with van der Waals surface area (Å²) in [4.78, 5) is 0. The SMILES string of the molecule is Fc1c(C2CCCC2)ccc(Br)c1I. The summed E-state index contributed by atoms with van der Waals surface area (Å²) in [6.07, 6.45) is 4.79. The number of halogens is 3. The molecule has 0 bridgehead atoms. The highest BCUT2D eigenvalue weighted by Crippen LogP contribution is 2.37. The van der Waals surface area contributed by atoms with Crippen molar-refractivity contribution >= 4 is 38.5 Å². The van der Waals surface area contributed by atoms with E-state index in [9.17, 15) is 4.39 Å². The first kappa shape index (κ1) is 10.9. The van der Waals surface area contributed by atoms with Gasteiger partial charge in [0.15, 0.2) is 0 Å². The Morgan fingerprint density at radius 2 is 1.93 bits per heavy atom. The van der Waals surface area contributed by atoms with Crippen LogP contribution in [0.5, 0.6) is 0 Å². The van der Waals surface area contributed by atoms with Crippen LogP contribution in [-0.4, -0.2) is 0 Å². The van der Waals surface area contributed by atoms with Gasteiger partial charge in [-0.15, -0.1) is 0 Å². The van der Waals surface area contributed by atoms with Crippen LogP contribution < -0.4 is 0 Å². The maximum Gasteiger partial charge on any atom is 0.141 e. The highest BCUT2D eigenvalue weighted by Gasteiger charge is 2.21. The molecule has 3 heteroatoms. The van der Waals surface area contributed by atoms with Crippen LogP contribution in [0.1, 0.15) is 37.2 Å². The molecule has 0 aromatic heterocycles. The third kappa shape index (κ3) is 1.98. The summed E-state index contributed by atoms with van der Waals surface area (Å²) in [5, 5.41) is 0. The summed E-state index contributed by atoms with van der Waals surface area (Å²) in [6, 6.07) is 3.88. The fourth-order valence-corrected chi connectivity index (χ4v) is 2.89. The lowest BCUT2D eigenvalue weighted by Gasteiger charge is -2.12. The molecule has 0 spiro atoms. The molecular formula is C11H11BrFI. The predicted molar refractivity (Wildman–Crippen MR) is 68.0 cm³/mol. The van der Waals surface area contributed by atoms with Crippen molar-refractivity contribution in [1.29, 1.82) is 0 Å². The first-order valence-corrected chi connectivity index (χ1v) is 6.70. The summed E-state index contributed by atoms with van der Waals surface area (Å²) >= 11 is 5.40. The number of hydrogen-bond acceptors (Lipinski definition) is 0. The van der Waals surface area contributed by atoms with Crippen LogP contribution in [0.3, 0.4) is 0 Å². The number of benzene rings is 1. The van der Waals surface area contributed by atoms with Crippen molar-refractivity contribution < 1.29 is 4.39 Å². The molecule has 1 aromatic rings. The number of hydrogen-bond donors (Lipinski definition) is 0. The quantitative estimate of drug-likeness (QED) is 0.491. The zero-order valence-electron chi connectivity index (χ0n) is 7.69. The molecule has 0 heterocycles. The van der Waals surface area contributed by atoms with Crippen LogP contribution in [0, 0.1) is 9.39 Å². The van der Waals surface area contributed by atoms with Gasteiger partial charge in [0.05, 0.1) is 3.57 Å². The third-order valence-electron chi connectivity index (χ3n) is 2.86. The average molecular weight is 369 g/mol. The molecule has 0 radical (unpaired) electrons. The summed E-state index contributed by atoms with van der Waals surface area (Å²) in [5.41, 5.74) is 0.912. The summed E-state index contributed by atoms with van der Waals surface area (Å²) in [6.45, 7) is 0. The molecule has 0 atom stereocenters. The largest absolute Gasteiger partial charge is 0.205 e. The third-order valence-corrected chi connectivity index (χ3v) is 5.32. The Balaban J connectivity index is 2.38. The Kier molecular flexibility index (Phi) is 3.47. The lowest BCUT2D eigenvalue weighted by molar-refractivity contribution is 0.573. The van der Waals surface area contributed by atoms with Gasteiger partial charge in [0.2, 0.25) is 0 Å². The molecule has 14 heavy (non-hydrogen) atoms. The normalized spacial score (nSPS) is 17.6. The lowest BCUT2D eigenvalue weighted by atomic mass is 9.97. The van der Waals surface area contributed by atoms with E-state index in [0.717, 1.165) is 22.9 Å². The Morgan fingerprint density at radius 1 is 1.29 bits per heavy atom. The van der Waals surface area contributed by atoms with Gasteiger partial charge in [0, 0.05) is 4.47 Å². The molecule has 0 unspecified atom stereocenters. The van der Waals surface area contributed by atoms with Crippen molar-refractivity contribution in [3.8, 4) is 0 Å². The van der Waals surface area contributed by atoms with E-state index in [4.69, 9.17) is 0 Å². The fourth-order valence-electron chi connectivity index (χ4n) is 2.09. The monoisotopic (exact) mass is 368 g/mol. The molecule has 1 saturated carbocycles. The molecule has 0 N–H and O–H groups in total. The van der Waals surface area contributed by atoms with E-state index in [2.05, 4.69) is 38.5 Å².